The van der Waals surface area contributed by atoms with Crippen molar-refractivity contribution in [3.8, 4) is 5.75 Å². The molecule has 21 heavy (non-hydrogen) atoms. The first-order valence-corrected chi connectivity index (χ1v) is 7.18. The topological polar surface area (TPSA) is 93.5 Å². The molecule has 2 rings (SSSR count). The zero-order valence-corrected chi connectivity index (χ0v) is 11.9. The summed E-state index contributed by atoms with van der Waals surface area (Å²) in [5, 5.41) is 6.13. The number of benzene rings is 1. The Morgan fingerprint density at radius 3 is 2.52 bits per heavy atom. The first kappa shape index (κ1) is 15.3. The zero-order valence-electron chi connectivity index (χ0n) is 11.9. The Hall–Kier alpha value is -2.08. The molecular formula is C15H21N3O3. The lowest BCUT2D eigenvalue weighted by Gasteiger charge is -2.08. The smallest absolute Gasteiger partial charge is 0.225 e. The van der Waals surface area contributed by atoms with E-state index in [1.807, 2.05) is 0 Å². The molecule has 0 atom stereocenters. The summed E-state index contributed by atoms with van der Waals surface area (Å²) in [7, 11) is 0. The summed E-state index contributed by atoms with van der Waals surface area (Å²) < 4.78 is 5.35. The van der Waals surface area contributed by atoms with Crippen LogP contribution in [0.1, 0.15) is 25.7 Å². The molecule has 0 bridgehead atoms. The van der Waals surface area contributed by atoms with Gasteiger partial charge in [0, 0.05) is 24.7 Å². The maximum atomic E-state index is 11.7. The van der Waals surface area contributed by atoms with Crippen LogP contribution in [0, 0.1) is 0 Å². The van der Waals surface area contributed by atoms with Crippen LogP contribution in [0.2, 0.25) is 0 Å². The van der Waals surface area contributed by atoms with Gasteiger partial charge in [0.15, 0.2) is 0 Å². The van der Waals surface area contributed by atoms with E-state index in [1.165, 1.54) is 12.8 Å². The second-order valence-corrected chi connectivity index (χ2v) is 5.12. The van der Waals surface area contributed by atoms with Gasteiger partial charge in [0.2, 0.25) is 11.8 Å². The molecule has 1 aliphatic rings. The van der Waals surface area contributed by atoms with Gasteiger partial charge in [-0.2, -0.15) is 0 Å². The third kappa shape index (κ3) is 6.27. The number of primary amides is 1. The Balaban J connectivity index is 1.67. The lowest BCUT2D eigenvalue weighted by Crippen LogP contribution is -2.23. The highest BCUT2D eigenvalue weighted by atomic mass is 16.5. The van der Waals surface area contributed by atoms with Gasteiger partial charge in [-0.05, 0) is 37.1 Å². The molecule has 1 aromatic rings. The molecule has 0 heterocycles. The lowest BCUT2D eigenvalue weighted by atomic mass is 10.3. The van der Waals surface area contributed by atoms with Crippen LogP contribution in [-0.2, 0) is 9.59 Å². The number of nitrogens with two attached hydrogens (primary N) is 1. The molecular weight excluding hydrogens is 270 g/mol. The van der Waals surface area contributed by atoms with Gasteiger partial charge in [0.1, 0.15) is 5.75 Å². The van der Waals surface area contributed by atoms with E-state index in [1.54, 1.807) is 24.3 Å². The minimum Gasteiger partial charge on any atom is -0.493 e. The van der Waals surface area contributed by atoms with Crippen molar-refractivity contribution in [2.75, 3.05) is 18.5 Å². The van der Waals surface area contributed by atoms with Gasteiger partial charge in [-0.25, -0.2) is 0 Å². The summed E-state index contributed by atoms with van der Waals surface area (Å²) in [6.45, 7) is 0.971. The van der Waals surface area contributed by atoms with Crippen molar-refractivity contribution >= 4 is 17.5 Å². The SMILES string of the molecule is NC(=O)CCOc1ccc(NC(=O)CCNC2CC2)cc1. The second-order valence-electron chi connectivity index (χ2n) is 5.12. The molecule has 0 spiro atoms. The van der Waals surface area contributed by atoms with Crippen LogP contribution in [0.15, 0.2) is 24.3 Å². The zero-order chi connectivity index (χ0) is 15.1. The molecule has 1 fully saturated rings. The molecule has 0 aliphatic heterocycles. The highest BCUT2D eigenvalue weighted by Gasteiger charge is 2.20. The molecule has 4 N–H and O–H groups in total. The van der Waals surface area contributed by atoms with Gasteiger partial charge in [-0.1, -0.05) is 0 Å². The Kier molecular flexibility index (Phi) is 5.57. The highest BCUT2D eigenvalue weighted by Crippen LogP contribution is 2.18. The number of rotatable bonds is 9. The van der Waals surface area contributed by atoms with E-state index in [4.69, 9.17) is 10.5 Å². The summed E-state index contributed by atoms with van der Waals surface area (Å²) in [5.74, 6) is 0.244. The van der Waals surface area contributed by atoms with Crippen LogP contribution >= 0.6 is 0 Å². The van der Waals surface area contributed by atoms with Gasteiger partial charge in [0.05, 0.1) is 13.0 Å². The van der Waals surface area contributed by atoms with Gasteiger partial charge < -0.3 is 21.1 Å². The fourth-order valence-electron chi connectivity index (χ4n) is 1.80. The summed E-state index contributed by atoms with van der Waals surface area (Å²) in [6, 6.07) is 7.66. The lowest BCUT2D eigenvalue weighted by molar-refractivity contribution is -0.118. The third-order valence-electron chi connectivity index (χ3n) is 3.12. The third-order valence-corrected chi connectivity index (χ3v) is 3.12. The van der Waals surface area contributed by atoms with E-state index in [9.17, 15) is 9.59 Å². The fraction of sp³-hybridized carbons (Fsp3) is 0.467. The monoisotopic (exact) mass is 291 g/mol. The molecule has 6 nitrogen and oxygen atoms in total. The Morgan fingerprint density at radius 1 is 1.19 bits per heavy atom. The molecule has 1 aromatic carbocycles. The minimum absolute atomic E-state index is 0.00875. The molecule has 114 valence electrons. The summed E-state index contributed by atoms with van der Waals surface area (Å²) in [6.07, 6.45) is 3.09. The number of anilines is 1. The van der Waals surface area contributed by atoms with E-state index >= 15 is 0 Å². The van der Waals surface area contributed by atoms with Crippen LogP contribution in [0.25, 0.3) is 0 Å². The van der Waals surface area contributed by atoms with Crippen molar-refractivity contribution in [2.24, 2.45) is 5.73 Å². The maximum Gasteiger partial charge on any atom is 0.225 e. The summed E-state index contributed by atoms with van der Waals surface area (Å²) >= 11 is 0. The number of hydrogen-bond donors (Lipinski definition) is 3. The van der Waals surface area contributed by atoms with Gasteiger partial charge in [-0.3, -0.25) is 9.59 Å². The molecule has 1 saturated carbocycles. The van der Waals surface area contributed by atoms with Crippen LogP contribution in [0.3, 0.4) is 0 Å². The quantitative estimate of drug-likeness (QED) is 0.633. The fourth-order valence-corrected chi connectivity index (χ4v) is 1.80. The average molecular weight is 291 g/mol. The molecule has 2 amide bonds. The molecule has 6 heteroatoms. The van der Waals surface area contributed by atoms with Crippen LogP contribution in [0.4, 0.5) is 5.69 Å². The van der Waals surface area contributed by atoms with E-state index in [2.05, 4.69) is 10.6 Å². The van der Waals surface area contributed by atoms with Gasteiger partial charge in [0.25, 0.3) is 0 Å². The van der Waals surface area contributed by atoms with Gasteiger partial charge >= 0.3 is 0 Å². The molecule has 0 saturated heterocycles. The van der Waals surface area contributed by atoms with E-state index in [0.717, 1.165) is 5.69 Å². The maximum absolute atomic E-state index is 11.7. The molecule has 0 radical (unpaired) electrons. The summed E-state index contributed by atoms with van der Waals surface area (Å²) in [5.41, 5.74) is 5.76. The standard InChI is InChI=1S/C15H21N3O3/c16-14(19)8-10-21-13-5-3-12(4-6-13)18-15(20)7-9-17-11-1-2-11/h3-6,11,17H,1-2,7-10H2,(H2,16,19)(H,18,20). The molecule has 1 aliphatic carbocycles. The minimum atomic E-state index is -0.390. The van der Waals surface area contributed by atoms with Crippen molar-refractivity contribution in [3.05, 3.63) is 24.3 Å². The van der Waals surface area contributed by atoms with Crippen LogP contribution < -0.4 is 21.1 Å². The average Bonchev–Trinajstić information content (AvgIpc) is 3.24. The van der Waals surface area contributed by atoms with Crippen molar-refractivity contribution < 1.29 is 14.3 Å². The first-order chi connectivity index (χ1) is 10.1. The number of amides is 2. The Morgan fingerprint density at radius 2 is 1.90 bits per heavy atom. The van der Waals surface area contributed by atoms with E-state index in [-0.39, 0.29) is 18.9 Å². The number of nitrogens with one attached hydrogen (secondary N) is 2. The highest BCUT2D eigenvalue weighted by molar-refractivity contribution is 5.90. The second kappa shape index (κ2) is 7.64. The molecule has 0 unspecified atom stereocenters. The van der Waals surface area contributed by atoms with Crippen molar-refractivity contribution in [3.63, 3.8) is 0 Å². The van der Waals surface area contributed by atoms with Crippen LogP contribution in [-0.4, -0.2) is 31.0 Å². The number of carbonyl (C=O) groups excluding carboxylic acids is 2. The largest absolute Gasteiger partial charge is 0.493 e. The van der Waals surface area contributed by atoms with Crippen molar-refractivity contribution in [2.45, 2.75) is 31.7 Å². The Bertz CT molecular complexity index is 483. The Labute approximate surface area is 124 Å². The number of carbonyl (C=O) groups is 2. The van der Waals surface area contributed by atoms with Crippen LogP contribution in [0.5, 0.6) is 5.75 Å². The predicted molar refractivity (Wildman–Crippen MR) is 80.0 cm³/mol. The molecule has 0 aromatic heterocycles. The van der Waals surface area contributed by atoms with Gasteiger partial charge in [-0.15, -0.1) is 0 Å². The van der Waals surface area contributed by atoms with Crippen molar-refractivity contribution in [1.82, 2.24) is 5.32 Å². The normalized spacial score (nSPS) is 13.7. The van der Waals surface area contributed by atoms with Crippen molar-refractivity contribution in [1.29, 1.82) is 0 Å². The number of hydrogen-bond acceptors (Lipinski definition) is 4. The van der Waals surface area contributed by atoms with E-state index in [0.29, 0.717) is 24.8 Å². The van der Waals surface area contributed by atoms with E-state index < -0.39 is 5.91 Å². The first-order valence-electron chi connectivity index (χ1n) is 7.18. The predicted octanol–water partition coefficient (Wildman–Crippen LogP) is 1.02. The number of ether oxygens (including phenoxy) is 1. The summed E-state index contributed by atoms with van der Waals surface area (Å²) in [4.78, 5) is 22.3.